The van der Waals surface area contributed by atoms with Crippen molar-refractivity contribution in [3.63, 3.8) is 0 Å². The SMILES string of the molecule is CC(C)(C)c1ccc(N2c3cc(N4c5ccc(-c6cccnc6)cc5C5(C)CCCCC45C)ccc3B3c4cc5c(cc4N(c4ccc(C(C)(C)C)cc4-c4ccccc4)c4cc(C(C)(C)C)cc2c43)C(C)(C)CCC5(C)C)cc1. The third-order valence-corrected chi connectivity index (χ3v) is 20.4. The number of rotatable bonds is 5. The van der Waals surface area contributed by atoms with Crippen LogP contribution in [0.2, 0.25) is 0 Å². The summed E-state index contributed by atoms with van der Waals surface area (Å²) in [5.74, 6) is 0. The van der Waals surface area contributed by atoms with Gasteiger partial charge in [0.15, 0.2) is 0 Å². The van der Waals surface area contributed by atoms with E-state index >= 15 is 0 Å². The van der Waals surface area contributed by atoms with Crippen molar-refractivity contribution in [3.05, 3.63) is 191 Å². The zero-order valence-corrected chi connectivity index (χ0v) is 50.6. The third kappa shape index (κ3) is 8.01. The molecule has 0 N–H and O–H groups in total. The topological polar surface area (TPSA) is 22.6 Å². The smallest absolute Gasteiger partial charge is 0.252 e. The van der Waals surface area contributed by atoms with Gasteiger partial charge in [-0.25, -0.2) is 0 Å². The van der Waals surface area contributed by atoms with E-state index in [1.54, 1.807) is 0 Å². The molecule has 8 aromatic rings. The van der Waals surface area contributed by atoms with Gasteiger partial charge in [0.2, 0.25) is 0 Å². The average molecular weight is 1050 g/mol. The number of nitrogens with zero attached hydrogens (tertiary/aromatic N) is 4. The Morgan fingerprint density at radius 1 is 0.425 bits per heavy atom. The first-order valence-corrected chi connectivity index (χ1v) is 30.1. The zero-order valence-electron chi connectivity index (χ0n) is 50.6. The lowest BCUT2D eigenvalue weighted by Crippen LogP contribution is -2.62. The molecule has 80 heavy (non-hydrogen) atoms. The Labute approximate surface area is 479 Å². The van der Waals surface area contributed by atoms with E-state index in [2.05, 4.69) is 269 Å². The van der Waals surface area contributed by atoms with Crippen LogP contribution in [0.15, 0.2) is 158 Å². The van der Waals surface area contributed by atoms with Crippen LogP contribution in [0.1, 0.15) is 176 Å². The van der Waals surface area contributed by atoms with Crippen LogP contribution in [0.4, 0.5) is 45.5 Å². The maximum absolute atomic E-state index is 4.55. The van der Waals surface area contributed by atoms with Crippen LogP contribution < -0.4 is 31.1 Å². The van der Waals surface area contributed by atoms with Gasteiger partial charge in [-0.1, -0.05) is 183 Å². The van der Waals surface area contributed by atoms with Crippen LogP contribution in [0, 0.1) is 0 Å². The van der Waals surface area contributed by atoms with Gasteiger partial charge in [0.05, 0.1) is 11.2 Å². The van der Waals surface area contributed by atoms with E-state index in [-0.39, 0.29) is 44.7 Å². The van der Waals surface area contributed by atoms with Gasteiger partial charge in [-0.15, -0.1) is 0 Å². The Hall–Kier alpha value is -6.85. The maximum atomic E-state index is 4.55. The first-order chi connectivity index (χ1) is 37.8. The Morgan fingerprint density at radius 2 is 1.02 bits per heavy atom. The van der Waals surface area contributed by atoms with Crippen molar-refractivity contribution in [1.82, 2.24) is 4.98 Å². The molecule has 1 saturated carbocycles. The normalized spacial score (nSPS) is 20.6. The Kier molecular flexibility index (Phi) is 11.7. The van der Waals surface area contributed by atoms with Crippen molar-refractivity contribution in [2.45, 2.75) is 180 Å². The highest BCUT2D eigenvalue weighted by Gasteiger charge is 2.58. The second-order valence-electron chi connectivity index (χ2n) is 29.5. The number of pyridine rings is 1. The molecule has 0 spiro atoms. The molecule has 0 saturated heterocycles. The highest BCUT2D eigenvalue weighted by atomic mass is 15.3. The summed E-state index contributed by atoms with van der Waals surface area (Å²) < 4.78 is 0. The van der Waals surface area contributed by atoms with Crippen LogP contribution in [0.3, 0.4) is 0 Å². The Balaban J connectivity index is 1.13. The molecule has 2 aliphatic carbocycles. The van der Waals surface area contributed by atoms with Gasteiger partial charge < -0.3 is 14.7 Å². The van der Waals surface area contributed by atoms with E-state index in [4.69, 9.17) is 0 Å². The van der Waals surface area contributed by atoms with Crippen molar-refractivity contribution in [3.8, 4) is 22.3 Å². The molecule has 7 aromatic carbocycles. The number of benzene rings is 7. The van der Waals surface area contributed by atoms with Crippen molar-refractivity contribution in [2.24, 2.45) is 0 Å². The zero-order chi connectivity index (χ0) is 56.3. The molecule has 4 heterocycles. The second-order valence-corrected chi connectivity index (χ2v) is 29.5. The van der Waals surface area contributed by atoms with E-state index in [0.29, 0.717) is 0 Å². The largest absolute Gasteiger partial charge is 0.334 e. The molecule has 1 fully saturated rings. The fourth-order valence-corrected chi connectivity index (χ4v) is 15.2. The fourth-order valence-electron chi connectivity index (χ4n) is 15.2. The van der Waals surface area contributed by atoms with Crippen LogP contribution in [-0.2, 0) is 32.5 Å². The minimum Gasteiger partial charge on any atom is -0.334 e. The van der Waals surface area contributed by atoms with Gasteiger partial charge in [0, 0.05) is 63.2 Å². The number of anilines is 8. The Bertz CT molecular complexity index is 3770. The lowest BCUT2D eigenvalue weighted by Gasteiger charge is -2.51. The van der Waals surface area contributed by atoms with Crippen LogP contribution in [-0.4, -0.2) is 17.2 Å². The molecule has 0 bridgehead atoms. The van der Waals surface area contributed by atoms with Crippen LogP contribution in [0.25, 0.3) is 22.3 Å². The molecule has 13 rings (SSSR count). The lowest BCUT2D eigenvalue weighted by molar-refractivity contribution is 0.195. The molecule has 0 radical (unpaired) electrons. The maximum Gasteiger partial charge on any atom is 0.252 e. The molecule has 1 aromatic heterocycles. The van der Waals surface area contributed by atoms with E-state index < -0.39 is 0 Å². The first kappa shape index (κ1) is 52.5. The van der Waals surface area contributed by atoms with Gasteiger partial charge in [-0.05, 0) is 199 Å². The molecule has 2 unspecified atom stereocenters. The number of hydrogen-bond acceptors (Lipinski definition) is 4. The van der Waals surface area contributed by atoms with Crippen molar-refractivity contribution in [2.75, 3.05) is 14.7 Å². The van der Waals surface area contributed by atoms with Crippen molar-refractivity contribution >= 4 is 68.6 Å². The molecule has 5 heteroatoms. The number of aromatic nitrogens is 1. The molecule has 2 atom stereocenters. The summed E-state index contributed by atoms with van der Waals surface area (Å²) in [5.41, 5.74) is 27.2. The van der Waals surface area contributed by atoms with E-state index in [1.165, 1.54) is 130 Å². The predicted molar refractivity (Wildman–Crippen MR) is 343 cm³/mol. The number of fused-ring (bicyclic) bond motifs is 8. The Morgan fingerprint density at radius 3 is 1.69 bits per heavy atom. The number of hydrogen-bond donors (Lipinski definition) is 0. The van der Waals surface area contributed by atoms with E-state index in [0.717, 1.165) is 25.7 Å². The highest BCUT2D eigenvalue weighted by Crippen LogP contribution is 2.62. The van der Waals surface area contributed by atoms with Gasteiger partial charge in [0.1, 0.15) is 0 Å². The molecule has 3 aliphatic heterocycles. The van der Waals surface area contributed by atoms with Crippen LogP contribution >= 0.6 is 0 Å². The molecular formula is C75H83BN4. The monoisotopic (exact) mass is 1050 g/mol. The summed E-state index contributed by atoms with van der Waals surface area (Å²) in [6, 6.07) is 57.9. The summed E-state index contributed by atoms with van der Waals surface area (Å²) in [6.07, 6.45) is 10.9. The summed E-state index contributed by atoms with van der Waals surface area (Å²) in [6.45, 7) is 36.3. The summed E-state index contributed by atoms with van der Waals surface area (Å²) >= 11 is 0. The highest BCUT2D eigenvalue weighted by molar-refractivity contribution is 7.00. The van der Waals surface area contributed by atoms with E-state index in [1.807, 2.05) is 12.4 Å². The molecule has 5 aliphatic rings. The summed E-state index contributed by atoms with van der Waals surface area (Å²) in [5, 5.41) is 0. The second kappa shape index (κ2) is 17.8. The van der Waals surface area contributed by atoms with Crippen molar-refractivity contribution in [1.29, 1.82) is 0 Å². The standard InChI is InChI=1S/C75H83BN4/c1-69(2,3)51-26-29-54(30-27-51)78-64-44-55(80-63-33-25-49(50-24-21-39-77-47-50)40-59(63)74(14)35-19-20-36-75(74,80)15)31-32-60(64)76-61-45-57-58(73(12,13)38-37-72(57,10)11)46-65(61)79(67-43-53(71(7,8)9)42-66(78)68(67)76)62-34-28-52(70(4,5)6)41-56(62)48-22-17-16-18-23-48/h16-18,21-34,39-47H,19-20,35-38H2,1-15H3. The van der Waals surface area contributed by atoms with Crippen molar-refractivity contribution < 1.29 is 0 Å². The molecule has 4 nitrogen and oxygen atoms in total. The fraction of sp³-hybridized carbons (Fsp3) is 0.373. The molecule has 0 amide bonds. The van der Waals surface area contributed by atoms with Gasteiger partial charge in [0.25, 0.3) is 6.71 Å². The first-order valence-electron chi connectivity index (χ1n) is 30.1. The lowest BCUT2D eigenvalue weighted by atomic mass is 9.33. The minimum atomic E-state index is -0.162. The van der Waals surface area contributed by atoms with E-state index in [9.17, 15) is 0 Å². The summed E-state index contributed by atoms with van der Waals surface area (Å²) in [7, 11) is 0. The minimum absolute atomic E-state index is 0.00644. The van der Waals surface area contributed by atoms with Gasteiger partial charge in [-0.2, -0.15) is 0 Å². The van der Waals surface area contributed by atoms with Gasteiger partial charge in [-0.3, -0.25) is 4.98 Å². The van der Waals surface area contributed by atoms with Crippen LogP contribution in [0.5, 0.6) is 0 Å². The average Bonchev–Trinajstić information content (AvgIpc) is 3.84. The predicted octanol–water partition coefficient (Wildman–Crippen LogP) is 18.5. The summed E-state index contributed by atoms with van der Waals surface area (Å²) in [4.78, 5) is 12.7. The van der Waals surface area contributed by atoms with Gasteiger partial charge >= 0.3 is 0 Å². The third-order valence-electron chi connectivity index (χ3n) is 20.4. The molecule has 406 valence electrons. The quantitative estimate of drug-likeness (QED) is 0.160. The molecular weight excluding hydrogens is 968 g/mol.